The average Bonchev–Trinajstić information content (AvgIpc) is 2.81. The number of hydrogen-bond donors (Lipinski definition) is 2. The topological polar surface area (TPSA) is 75.1 Å². The fourth-order valence-electron chi connectivity index (χ4n) is 3.38. The van der Waals surface area contributed by atoms with E-state index in [1.807, 2.05) is 36.4 Å². The number of aliphatic imine (C=N–C) groups is 1. The molecule has 146 valence electrons. The Morgan fingerprint density at radius 3 is 2.37 bits per heavy atom. The van der Waals surface area contributed by atoms with Gasteiger partial charge in [-0.15, -0.1) is 0 Å². The minimum atomic E-state index is -0.753. The number of allylic oxidation sites excluding steroid dienone is 2. The summed E-state index contributed by atoms with van der Waals surface area (Å²) >= 11 is 0. The third-order valence-corrected chi connectivity index (χ3v) is 5.01. The number of nitrogens with zero attached hydrogens (tertiary/aromatic N) is 2. The van der Waals surface area contributed by atoms with E-state index in [1.54, 1.807) is 30.8 Å². The molecular weight excluding hydrogens is 368 g/mol. The smallest absolute Gasteiger partial charge is 0.139 e. The van der Waals surface area contributed by atoms with Crippen LogP contribution >= 0.6 is 0 Å². The van der Waals surface area contributed by atoms with Crippen molar-refractivity contribution in [2.75, 3.05) is 0 Å². The molecule has 0 spiro atoms. The van der Waals surface area contributed by atoms with Crippen molar-refractivity contribution in [3.05, 3.63) is 109 Å². The number of nitrogens with one attached hydrogen (secondary N) is 1. The first-order chi connectivity index (χ1) is 14.6. The highest BCUT2D eigenvalue weighted by atomic mass is 14.9. The van der Waals surface area contributed by atoms with Crippen LogP contribution in [-0.2, 0) is 0 Å². The summed E-state index contributed by atoms with van der Waals surface area (Å²) in [6, 6.07) is 22.4. The zero-order valence-corrected chi connectivity index (χ0v) is 16.5. The molecule has 0 saturated heterocycles. The van der Waals surface area contributed by atoms with E-state index in [4.69, 9.17) is 11.1 Å². The summed E-state index contributed by atoms with van der Waals surface area (Å²) in [5.41, 5.74) is 9.07. The molecule has 0 aliphatic rings. The normalized spacial score (nSPS) is 12.7. The van der Waals surface area contributed by atoms with Crippen LogP contribution in [0.2, 0.25) is 0 Å². The van der Waals surface area contributed by atoms with Gasteiger partial charge in [0.25, 0.3) is 0 Å². The molecule has 0 aliphatic carbocycles. The number of fused-ring (bicyclic) bond motifs is 3. The van der Waals surface area contributed by atoms with Gasteiger partial charge in [0.05, 0.1) is 5.71 Å². The van der Waals surface area contributed by atoms with Gasteiger partial charge in [-0.2, -0.15) is 0 Å². The van der Waals surface area contributed by atoms with Gasteiger partial charge in [0.15, 0.2) is 0 Å². The zero-order chi connectivity index (χ0) is 20.9. The van der Waals surface area contributed by atoms with Gasteiger partial charge in [-0.05, 0) is 57.0 Å². The summed E-state index contributed by atoms with van der Waals surface area (Å²) in [6.45, 7) is 4.02. The molecule has 1 aromatic heterocycles. The van der Waals surface area contributed by atoms with Crippen molar-refractivity contribution >= 4 is 39.0 Å². The lowest BCUT2D eigenvalue weighted by Gasteiger charge is -2.09. The SMILES string of the molecule is C=C(/C=C\C(=N)C(N)N=Cc1cc2ccccc2c2ccccc12)c1ccncc1. The molecule has 0 bridgehead atoms. The maximum atomic E-state index is 8.23. The van der Waals surface area contributed by atoms with Crippen molar-refractivity contribution in [3.8, 4) is 0 Å². The van der Waals surface area contributed by atoms with E-state index in [0.717, 1.165) is 27.5 Å². The lowest BCUT2D eigenvalue weighted by Crippen LogP contribution is -2.26. The monoisotopic (exact) mass is 390 g/mol. The molecule has 4 rings (SSSR count). The Morgan fingerprint density at radius 2 is 1.60 bits per heavy atom. The van der Waals surface area contributed by atoms with Gasteiger partial charge in [0.2, 0.25) is 0 Å². The van der Waals surface area contributed by atoms with Crippen LogP contribution in [0.25, 0.3) is 27.1 Å². The van der Waals surface area contributed by atoms with Gasteiger partial charge in [-0.1, -0.05) is 61.2 Å². The maximum Gasteiger partial charge on any atom is 0.139 e. The first-order valence-electron chi connectivity index (χ1n) is 9.68. The lowest BCUT2D eigenvalue weighted by atomic mass is 9.98. The Kier molecular flexibility index (Phi) is 5.59. The Hall–Kier alpha value is -3.89. The summed E-state index contributed by atoms with van der Waals surface area (Å²) in [5, 5.41) is 12.9. The van der Waals surface area contributed by atoms with Crippen LogP contribution in [0.4, 0.5) is 0 Å². The standard InChI is InChI=1S/C26H22N4/c1-18(19-12-14-29-15-13-19)10-11-25(27)26(28)30-17-21-16-20-6-2-3-7-22(20)24-9-5-4-8-23(21)24/h2-17,26-27H,1,28H2/b11-10-,27-25?,30-17?. The van der Waals surface area contributed by atoms with Crippen molar-refractivity contribution in [1.29, 1.82) is 5.41 Å². The number of benzene rings is 3. The Balaban J connectivity index is 1.57. The fraction of sp³-hybridized carbons (Fsp3) is 0.0385. The highest BCUT2D eigenvalue weighted by molar-refractivity contribution is 6.14. The van der Waals surface area contributed by atoms with E-state index in [9.17, 15) is 0 Å². The number of aromatic nitrogens is 1. The largest absolute Gasteiger partial charge is 0.305 e. The first kappa shape index (κ1) is 19.4. The predicted octanol–water partition coefficient (Wildman–Crippen LogP) is 5.38. The van der Waals surface area contributed by atoms with Crippen LogP contribution in [-0.4, -0.2) is 23.1 Å². The predicted molar refractivity (Wildman–Crippen MR) is 127 cm³/mol. The van der Waals surface area contributed by atoms with Gasteiger partial charge in [-0.25, -0.2) is 0 Å². The van der Waals surface area contributed by atoms with Crippen molar-refractivity contribution < 1.29 is 0 Å². The summed E-state index contributed by atoms with van der Waals surface area (Å²) in [4.78, 5) is 8.44. The lowest BCUT2D eigenvalue weighted by molar-refractivity contribution is 0.925. The second-order valence-electron chi connectivity index (χ2n) is 7.01. The van der Waals surface area contributed by atoms with Gasteiger partial charge >= 0.3 is 0 Å². The highest BCUT2D eigenvalue weighted by Gasteiger charge is 2.07. The van der Waals surface area contributed by atoms with Crippen molar-refractivity contribution in [3.63, 3.8) is 0 Å². The first-order valence-corrected chi connectivity index (χ1v) is 9.68. The van der Waals surface area contributed by atoms with E-state index in [0.29, 0.717) is 0 Å². The molecule has 3 aromatic carbocycles. The average molecular weight is 390 g/mol. The minimum absolute atomic E-state index is 0.214. The Labute approximate surface area is 175 Å². The second-order valence-corrected chi connectivity index (χ2v) is 7.01. The van der Waals surface area contributed by atoms with Crippen molar-refractivity contribution in [1.82, 2.24) is 4.98 Å². The number of pyridine rings is 1. The summed E-state index contributed by atoms with van der Waals surface area (Å²) in [7, 11) is 0. The van der Waals surface area contributed by atoms with Crippen LogP contribution in [0, 0.1) is 5.41 Å². The molecule has 3 N–H and O–H groups in total. The van der Waals surface area contributed by atoms with Crippen LogP contribution in [0.5, 0.6) is 0 Å². The molecule has 4 nitrogen and oxygen atoms in total. The van der Waals surface area contributed by atoms with Crippen LogP contribution in [0.3, 0.4) is 0 Å². The van der Waals surface area contributed by atoms with Gasteiger partial charge in [0.1, 0.15) is 6.17 Å². The van der Waals surface area contributed by atoms with Gasteiger partial charge < -0.3 is 11.1 Å². The Bertz CT molecular complexity index is 1290. The molecule has 1 atom stereocenters. The number of nitrogens with two attached hydrogens (primary N) is 1. The fourth-order valence-corrected chi connectivity index (χ4v) is 3.38. The van der Waals surface area contributed by atoms with Crippen LogP contribution in [0.1, 0.15) is 11.1 Å². The van der Waals surface area contributed by atoms with Gasteiger partial charge in [-0.3, -0.25) is 9.98 Å². The summed E-state index contributed by atoms with van der Waals surface area (Å²) in [6.07, 6.45) is 7.85. The molecule has 0 amide bonds. The maximum absolute atomic E-state index is 8.23. The zero-order valence-electron chi connectivity index (χ0n) is 16.5. The molecular formula is C26H22N4. The van der Waals surface area contributed by atoms with Gasteiger partial charge in [0, 0.05) is 24.2 Å². The second kappa shape index (κ2) is 8.64. The van der Waals surface area contributed by atoms with Crippen molar-refractivity contribution in [2.24, 2.45) is 10.7 Å². The third kappa shape index (κ3) is 4.09. The van der Waals surface area contributed by atoms with E-state index in [-0.39, 0.29) is 5.71 Å². The van der Waals surface area contributed by atoms with E-state index in [2.05, 4.69) is 46.9 Å². The van der Waals surface area contributed by atoms with Crippen LogP contribution < -0.4 is 5.73 Å². The molecule has 0 saturated carbocycles. The van der Waals surface area contributed by atoms with E-state index in [1.165, 1.54) is 10.8 Å². The minimum Gasteiger partial charge on any atom is -0.305 e. The molecule has 30 heavy (non-hydrogen) atoms. The summed E-state index contributed by atoms with van der Waals surface area (Å²) < 4.78 is 0. The molecule has 1 heterocycles. The quantitative estimate of drug-likeness (QED) is 0.263. The number of rotatable bonds is 6. The van der Waals surface area contributed by atoms with Crippen LogP contribution in [0.15, 0.2) is 103 Å². The molecule has 0 aliphatic heterocycles. The molecule has 4 aromatic rings. The third-order valence-electron chi connectivity index (χ3n) is 5.01. The van der Waals surface area contributed by atoms with Crippen molar-refractivity contribution in [2.45, 2.75) is 6.17 Å². The van der Waals surface area contributed by atoms with E-state index >= 15 is 0 Å². The number of hydrogen-bond acceptors (Lipinski definition) is 4. The molecule has 0 fully saturated rings. The Morgan fingerprint density at radius 1 is 0.933 bits per heavy atom. The summed E-state index contributed by atoms with van der Waals surface area (Å²) in [5.74, 6) is 0. The highest BCUT2D eigenvalue weighted by Crippen LogP contribution is 2.27. The van der Waals surface area contributed by atoms with E-state index < -0.39 is 6.17 Å². The molecule has 4 heteroatoms. The molecule has 0 radical (unpaired) electrons. The molecule has 1 unspecified atom stereocenters.